The van der Waals surface area contributed by atoms with Gasteiger partial charge in [0, 0.05) is 23.5 Å². The van der Waals surface area contributed by atoms with Crippen LogP contribution in [0.5, 0.6) is 0 Å². The maximum Gasteiger partial charge on any atom is 0.0791 e. The highest BCUT2D eigenvalue weighted by atomic mass is 15.2. The molecule has 0 aliphatic heterocycles. The lowest BCUT2D eigenvalue weighted by molar-refractivity contribution is 0.591. The third-order valence-corrected chi connectivity index (χ3v) is 3.73. The molecule has 0 radical (unpaired) electrons. The first kappa shape index (κ1) is 12.2. The molecule has 3 rings (SSSR count). The van der Waals surface area contributed by atoms with E-state index in [1.807, 2.05) is 24.9 Å². The van der Waals surface area contributed by atoms with E-state index in [4.69, 9.17) is 0 Å². The van der Waals surface area contributed by atoms with E-state index in [9.17, 15) is 0 Å². The van der Waals surface area contributed by atoms with Crippen LogP contribution < -0.4 is 0 Å². The van der Waals surface area contributed by atoms with Crippen LogP contribution in [0.25, 0.3) is 21.8 Å². The molecule has 3 aromatic rings. The zero-order valence-electron chi connectivity index (χ0n) is 12.2. The predicted molar refractivity (Wildman–Crippen MR) is 79.5 cm³/mol. The molecular weight excluding hydrogens is 234 g/mol. The third kappa shape index (κ3) is 1.81. The van der Waals surface area contributed by atoms with Gasteiger partial charge in [-0.3, -0.25) is 9.67 Å². The standard InChI is InChI=1S/C16H19N3/c1-10-13-9-17-19(5)15(13)12-8-11(16(2,3)4)6-7-14(12)18-10/h6-9H,1-5H3. The predicted octanol–water partition coefficient (Wildman–Crippen LogP) is 3.73. The second-order valence-electron chi connectivity index (χ2n) is 6.21. The second kappa shape index (κ2) is 3.80. The van der Waals surface area contributed by atoms with Crippen LogP contribution in [0.4, 0.5) is 0 Å². The van der Waals surface area contributed by atoms with Gasteiger partial charge in [-0.25, -0.2) is 0 Å². The van der Waals surface area contributed by atoms with E-state index < -0.39 is 0 Å². The number of aryl methyl sites for hydroxylation is 2. The molecular formula is C16H19N3. The molecule has 0 saturated heterocycles. The summed E-state index contributed by atoms with van der Waals surface area (Å²) in [4.78, 5) is 4.69. The lowest BCUT2D eigenvalue weighted by atomic mass is 9.86. The third-order valence-electron chi connectivity index (χ3n) is 3.73. The van der Waals surface area contributed by atoms with Crippen molar-refractivity contribution in [2.45, 2.75) is 33.1 Å². The van der Waals surface area contributed by atoms with Gasteiger partial charge in [-0.15, -0.1) is 0 Å². The molecule has 2 heterocycles. The molecule has 19 heavy (non-hydrogen) atoms. The highest BCUT2D eigenvalue weighted by Gasteiger charge is 2.16. The van der Waals surface area contributed by atoms with Crippen LogP contribution >= 0.6 is 0 Å². The molecule has 0 unspecified atom stereocenters. The van der Waals surface area contributed by atoms with Gasteiger partial charge in [0.05, 0.1) is 17.2 Å². The lowest BCUT2D eigenvalue weighted by Crippen LogP contribution is -2.10. The Labute approximate surface area is 113 Å². The van der Waals surface area contributed by atoms with Crippen LogP contribution in [0.2, 0.25) is 0 Å². The fraction of sp³-hybridized carbons (Fsp3) is 0.375. The van der Waals surface area contributed by atoms with Crippen molar-refractivity contribution in [1.82, 2.24) is 14.8 Å². The zero-order chi connectivity index (χ0) is 13.8. The number of hydrogen-bond acceptors (Lipinski definition) is 2. The molecule has 0 aliphatic carbocycles. The summed E-state index contributed by atoms with van der Waals surface area (Å²) < 4.78 is 1.94. The van der Waals surface area contributed by atoms with E-state index in [0.29, 0.717) is 0 Å². The van der Waals surface area contributed by atoms with Gasteiger partial charge in [0.25, 0.3) is 0 Å². The van der Waals surface area contributed by atoms with Gasteiger partial charge in [0.15, 0.2) is 0 Å². The van der Waals surface area contributed by atoms with Crippen LogP contribution in [0.3, 0.4) is 0 Å². The Morgan fingerprint density at radius 1 is 1.11 bits per heavy atom. The van der Waals surface area contributed by atoms with Crippen LogP contribution in [0, 0.1) is 6.92 Å². The van der Waals surface area contributed by atoms with Crippen molar-refractivity contribution in [2.75, 3.05) is 0 Å². The van der Waals surface area contributed by atoms with Gasteiger partial charge < -0.3 is 0 Å². The molecule has 0 bridgehead atoms. The van der Waals surface area contributed by atoms with Crippen molar-refractivity contribution in [1.29, 1.82) is 0 Å². The molecule has 0 N–H and O–H groups in total. The van der Waals surface area contributed by atoms with Crippen LogP contribution in [0.1, 0.15) is 32.0 Å². The summed E-state index contributed by atoms with van der Waals surface area (Å²) in [5.41, 5.74) is 4.73. The van der Waals surface area contributed by atoms with Crippen molar-refractivity contribution < 1.29 is 0 Å². The zero-order valence-corrected chi connectivity index (χ0v) is 12.2. The van der Waals surface area contributed by atoms with Crippen molar-refractivity contribution >= 4 is 21.8 Å². The Morgan fingerprint density at radius 3 is 2.53 bits per heavy atom. The first-order valence-corrected chi connectivity index (χ1v) is 6.60. The minimum Gasteiger partial charge on any atom is -0.267 e. The first-order valence-electron chi connectivity index (χ1n) is 6.60. The molecule has 3 heteroatoms. The number of rotatable bonds is 0. The largest absolute Gasteiger partial charge is 0.267 e. The Balaban J connectivity index is 2.47. The van der Waals surface area contributed by atoms with E-state index in [1.165, 1.54) is 16.5 Å². The van der Waals surface area contributed by atoms with Crippen molar-refractivity contribution in [3.05, 3.63) is 35.7 Å². The highest BCUT2D eigenvalue weighted by Crippen LogP contribution is 2.30. The fourth-order valence-electron chi connectivity index (χ4n) is 2.55. The van der Waals surface area contributed by atoms with E-state index in [-0.39, 0.29) is 5.41 Å². The number of fused-ring (bicyclic) bond motifs is 3. The van der Waals surface area contributed by atoms with Gasteiger partial charge in [0.2, 0.25) is 0 Å². The van der Waals surface area contributed by atoms with Gasteiger partial charge in [-0.2, -0.15) is 5.10 Å². The normalized spacial score (nSPS) is 12.5. The van der Waals surface area contributed by atoms with E-state index in [0.717, 1.165) is 16.6 Å². The van der Waals surface area contributed by atoms with Crippen molar-refractivity contribution in [3.8, 4) is 0 Å². The van der Waals surface area contributed by atoms with Gasteiger partial charge in [0.1, 0.15) is 0 Å². The second-order valence-corrected chi connectivity index (χ2v) is 6.21. The fourth-order valence-corrected chi connectivity index (χ4v) is 2.55. The minimum atomic E-state index is 0.143. The first-order chi connectivity index (χ1) is 8.88. The average Bonchev–Trinajstić information content (AvgIpc) is 2.71. The molecule has 3 nitrogen and oxygen atoms in total. The Bertz CT molecular complexity index is 776. The Hall–Kier alpha value is -1.90. The van der Waals surface area contributed by atoms with Crippen LogP contribution in [0.15, 0.2) is 24.4 Å². The summed E-state index contributed by atoms with van der Waals surface area (Å²) in [6, 6.07) is 6.55. The van der Waals surface area contributed by atoms with Gasteiger partial charge in [-0.1, -0.05) is 26.8 Å². The van der Waals surface area contributed by atoms with E-state index in [2.05, 4.69) is 49.1 Å². The monoisotopic (exact) mass is 253 g/mol. The van der Waals surface area contributed by atoms with Crippen molar-refractivity contribution in [3.63, 3.8) is 0 Å². The highest BCUT2D eigenvalue weighted by molar-refractivity contribution is 6.04. The van der Waals surface area contributed by atoms with E-state index >= 15 is 0 Å². The van der Waals surface area contributed by atoms with Crippen LogP contribution in [-0.4, -0.2) is 14.8 Å². The van der Waals surface area contributed by atoms with Gasteiger partial charge in [-0.05, 0) is 30.0 Å². The summed E-state index contributed by atoms with van der Waals surface area (Å²) in [7, 11) is 1.99. The molecule has 0 fully saturated rings. The summed E-state index contributed by atoms with van der Waals surface area (Å²) in [5, 5.41) is 6.70. The molecule has 0 saturated carbocycles. The van der Waals surface area contributed by atoms with Crippen LogP contribution in [-0.2, 0) is 12.5 Å². The van der Waals surface area contributed by atoms with Crippen molar-refractivity contribution in [2.24, 2.45) is 7.05 Å². The molecule has 2 aromatic heterocycles. The smallest absolute Gasteiger partial charge is 0.0791 e. The van der Waals surface area contributed by atoms with E-state index in [1.54, 1.807) is 0 Å². The minimum absolute atomic E-state index is 0.143. The van der Waals surface area contributed by atoms with Gasteiger partial charge >= 0.3 is 0 Å². The summed E-state index contributed by atoms with van der Waals surface area (Å²) >= 11 is 0. The molecule has 98 valence electrons. The summed E-state index contributed by atoms with van der Waals surface area (Å²) in [6.45, 7) is 8.74. The molecule has 1 aromatic carbocycles. The molecule has 0 atom stereocenters. The molecule has 0 amide bonds. The average molecular weight is 253 g/mol. The summed E-state index contributed by atoms with van der Waals surface area (Å²) in [5.74, 6) is 0. The maximum absolute atomic E-state index is 4.69. The topological polar surface area (TPSA) is 30.7 Å². The lowest BCUT2D eigenvalue weighted by Gasteiger charge is -2.19. The number of aromatic nitrogens is 3. The number of hydrogen-bond donors (Lipinski definition) is 0. The number of pyridine rings is 1. The Morgan fingerprint density at radius 2 is 1.84 bits per heavy atom. The summed E-state index contributed by atoms with van der Waals surface area (Å²) in [6.07, 6.45) is 1.90. The number of benzene rings is 1. The quantitative estimate of drug-likeness (QED) is 0.611. The Kier molecular flexibility index (Phi) is 2.43. The maximum atomic E-state index is 4.69. The molecule has 0 aliphatic rings. The SMILES string of the molecule is Cc1nc2ccc(C(C)(C)C)cc2c2c1cnn2C. The molecule has 0 spiro atoms. The number of nitrogens with zero attached hydrogens (tertiary/aromatic N) is 3.